The molecule has 0 amide bonds. The van der Waals surface area contributed by atoms with E-state index < -0.39 is 0 Å². The molecular weight excluding hydrogens is 182 g/mol. The Bertz CT molecular complexity index is 247. The Morgan fingerprint density at radius 1 is 1.62 bits per heavy atom. The first-order valence-corrected chi connectivity index (χ1v) is 5.51. The van der Waals surface area contributed by atoms with Gasteiger partial charge in [0.2, 0.25) is 0 Å². The van der Waals surface area contributed by atoms with Crippen molar-refractivity contribution in [2.45, 2.75) is 26.3 Å². The van der Waals surface area contributed by atoms with E-state index in [2.05, 4.69) is 18.4 Å². The van der Waals surface area contributed by atoms with Crippen molar-refractivity contribution < 1.29 is 4.74 Å². The van der Waals surface area contributed by atoms with Crippen LogP contribution in [0.5, 0.6) is 0 Å². The minimum absolute atomic E-state index is 0.145. The molecule has 1 heterocycles. The first-order valence-electron chi connectivity index (χ1n) is 4.63. The molecule has 0 fully saturated rings. The van der Waals surface area contributed by atoms with E-state index in [4.69, 9.17) is 10.5 Å². The fraction of sp³-hybridized carbons (Fsp3) is 0.600. The van der Waals surface area contributed by atoms with E-state index >= 15 is 0 Å². The van der Waals surface area contributed by atoms with E-state index in [1.807, 2.05) is 6.92 Å². The lowest BCUT2D eigenvalue weighted by Gasteiger charge is -2.10. The Morgan fingerprint density at radius 3 is 2.92 bits per heavy atom. The van der Waals surface area contributed by atoms with Crippen LogP contribution in [0.1, 0.15) is 29.8 Å². The van der Waals surface area contributed by atoms with Crippen LogP contribution in [0, 0.1) is 6.92 Å². The van der Waals surface area contributed by atoms with Crippen molar-refractivity contribution in [2.24, 2.45) is 5.73 Å². The average Bonchev–Trinajstić information content (AvgIpc) is 2.52. The fourth-order valence-corrected chi connectivity index (χ4v) is 2.22. The Balaban J connectivity index is 2.39. The Hall–Kier alpha value is -0.380. The maximum Gasteiger partial charge on any atom is 0.0484 e. The number of hydrogen-bond donors (Lipinski definition) is 1. The standard InChI is InChI=1S/C10H17NOS/c1-3-12-6-4-9(11)10-8(2)5-7-13-10/h5,7,9H,3-4,6,11H2,1-2H3. The third-order valence-electron chi connectivity index (χ3n) is 2.02. The predicted octanol–water partition coefficient (Wildman–Crippen LogP) is 2.48. The molecule has 0 radical (unpaired) electrons. The van der Waals surface area contributed by atoms with Crippen molar-refractivity contribution in [3.63, 3.8) is 0 Å². The quantitative estimate of drug-likeness (QED) is 0.739. The van der Waals surface area contributed by atoms with Crippen LogP contribution in [0.25, 0.3) is 0 Å². The molecule has 0 aliphatic rings. The van der Waals surface area contributed by atoms with Gasteiger partial charge >= 0.3 is 0 Å². The van der Waals surface area contributed by atoms with Gasteiger partial charge in [0.1, 0.15) is 0 Å². The number of hydrogen-bond acceptors (Lipinski definition) is 3. The number of nitrogens with two attached hydrogens (primary N) is 1. The van der Waals surface area contributed by atoms with Crippen molar-refractivity contribution in [2.75, 3.05) is 13.2 Å². The number of rotatable bonds is 5. The molecule has 2 nitrogen and oxygen atoms in total. The highest BCUT2D eigenvalue weighted by molar-refractivity contribution is 7.10. The molecule has 0 spiro atoms. The van der Waals surface area contributed by atoms with Gasteiger partial charge in [0, 0.05) is 24.1 Å². The van der Waals surface area contributed by atoms with Crippen LogP contribution in [-0.2, 0) is 4.74 Å². The lowest BCUT2D eigenvalue weighted by Crippen LogP contribution is -2.12. The van der Waals surface area contributed by atoms with E-state index in [1.54, 1.807) is 11.3 Å². The fourth-order valence-electron chi connectivity index (χ4n) is 1.25. The van der Waals surface area contributed by atoms with Crippen molar-refractivity contribution in [1.29, 1.82) is 0 Å². The van der Waals surface area contributed by atoms with Crippen molar-refractivity contribution in [1.82, 2.24) is 0 Å². The van der Waals surface area contributed by atoms with Crippen LogP contribution >= 0.6 is 11.3 Å². The van der Waals surface area contributed by atoms with Crippen LogP contribution in [0.3, 0.4) is 0 Å². The second kappa shape index (κ2) is 5.37. The molecule has 1 aromatic rings. The summed E-state index contributed by atoms with van der Waals surface area (Å²) in [5, 5.41) is 2.09. The smallest absolute Gasteiger partial charge is 0.0484 e. The summed E-state index contributed by atoms with van der Waals surface area (Å²) in [6.45, 7) is 5.64. The molecule has 1 rings (SSSR count). The maximum absolute atomic E-state index is 6.01. The minimum Gasteiger partial charge on any atom is -0.382 e. The molecule has 0 saturated carbocycles. The Kier molecular flexibility index (Phi) is 4.42. The predicted molar refractivity (Wildman–Crippen MR) is 57.1 cm³/mol. The summed E-state index contributed by atoms with van der Waals surface area (Å²) in [6.07, 6.45) is 0.912. The second-order valence-electron chi connectivity index (χ2n) is 3.06. The minimum atomic E-state index is 0.145. The van der Waals surface area contributed by atoms with Crippen LogP contribution in [-0.4, -0.2) is 13.2 Å². The van der Waals surface area contributed by atoms with Gasteiger partial charge in [-0.2, -0.15) is 0 Å². The molecule has 1 atom stereocenters. The zero-order valence-electron chi connectivity index (χ0n) is 8.25. The average molecular weight is 199 g/mol. The highest BCUT2D eigenvalue weighted by Crippen LogP contribution is 2.24. The summed E-state index contributed by atoms with van der Waals surface area (Å²) >= 11 is 1.74. The lowest BCUT2D eigenvalue weighted by atomic mass is 10.1. The molecule has 0 bridgehead atoms. The first-order chi connectivity index (χ1) is 6.25. The van der Waals surface area contributed by atoms with Gasteiger partial charge in [-0.25, -0.2) is 0 Å². The molecule has 3 heteroatoms. The van der Waals surface area contributed by atoms with Gasteiger partial charge in [-0.1, -0.05) is 0 Å². The summed E-state index contributed by atoms with van der Waals surface area (Å²) in [6, 6.07) is 2.26. The van der Waals surface area contributed by atoms with Gasteiger partial charge in [0.15, 0.2) is 0 Å². The molecule has 1 aromatic heterocycles. The zero-order valence-corrected chi connectivity index (χ0v) is 9.06. The zero-order chi connectivity index (χ0) is 9.68. The van der Waals surface area contributed by atoms with Gasteiger partial charge in [0.05, 0.1) is 0 Å². The van der Waals surface area contributed by atoms with E-state index in [9.17, 15) is 0 Å². The van der Waals surface area contributed by atoms with Gasteiger partial charge in [-0.3, -0.25) is 0 Å². The van der Waals surface area contributed by atoms with Crippen LogP contribution in [0.2, 0.25) is 0 Å². The van der Waals surface area contributed by atoms with Crippen LogP contribution < -0.4 is 5.73 Å². The highest BCUT2D eigenvalue weighted by Gasteiger charge is 2.09. The summed E-state index contributed by atoms with van der Waals surface area (Å²) in [5.74, 6) is 0. The molecule has 0 aliphatic carbocycles. The number of aryl methyl sites for hydroxylation is 1. The Morgan fingerprint density at radius 2 is 2.38 bits per heavy atom. The summed E-state index contributed by atoms with van der Waals surface area (Å²) in [4.78, 5) is 1.29. The molecule has 2 N–H and O–H groups in total. The second-order valence-corrected chi connectivity index (χ2v) is 4.01. The third kappa shape index (κ3) is 3.10. The number of ether oxygens (including phenoxy) is 1. The van der Waals surface area contributed by atoms with Crippen molar-refractivity contribution in [3.05, 3.63) is 21.9 Å². The molecule has 0 saturated heterocycles. The third-order valence-corrected chi connectivity index (χ3v) is 3.17. The van der Waals surface area contributed by atoms with Gasteiger partial charge in [-0.15, -0.1) is 11.3 Å². The normalized spacial score (nSPS) is 13.2. The molecule has 74 valence electrons. The largest absolute Gasteiger partial charge is 0.382 e. The van der Waals surface area contributed by atoms with E-state index in [0.29, 0.717) is 0 Å². The van der Waals surface area contributed by atoms with E-state index in [-0.39, 0.29) is 6.04 Å². The first kappa shape index (κ1) is 10.7. The maximum atomic E-state index is 6.01. The van der Waals surface area contributed by atoms with Crippen molar-refractivity contribution in [3.8, 4) is 0 Å². The molecular formula is C10H17NOS. The van der Waals surface area contributed by atoms with Gasteiger partial charge in [0.25, 0.3) is 0 Å². The lowest BCUT2D eigenvalue weighted by molar-refractivity contribution is 0.140. The summed E-state index contributed by atoms with van der Waals surface area (Å²) < 4.78 is 5.27. The highest BCUT2D eigenvalue weighted by atomic mass is 32.1. The monoisotopic (exact) mass is 199 g/mol. The molecule has 1 unspecified atom stereocenters. The SMILES string of the molecule is CCOCCC(N)c1sccc1C. The van der Waals surface area contributed by atoms with Crippen LogP contribution in [0.15, 0.2) is 11.4 Å². The molecule has 0 aliphatic heterocycles. The van der Waals surface area contributed by atoms with Gasteiger partial charge < -0.3 is 10.5 Å². The van der Waals surface area contributed by atoms with Gasteiger partial charge in [-0.05, 0) is 37.3 Å². The topological polar surface area (TPSA) is 35.2 Å². The molecule has 0 aromatic carbocycles. The van der Waals surface area contributed by atoms with E-state index in [1.165, 1.54) is 10.4 Å². The number of thiophene rings is 1. The summed E-state index contributed by atoms with van der Waals surface area (Å²) in [5.41, 5.74) is 7.31. The van der Waals surface area contributed by atoms with Crippen molar-refractivity contribution >= 4 is 11.3 Å². The Labute approximate surface area is 83.7 Å². The summed E-state index contributed by atoms with van der Waals surface area (Å²) in [7, 11) is 0. The van der Waals surface area contributed by atoms with E-state index in [0.717, 1.165) is 19.6 Å². The van der Waals surface area contributed by atoms with Crippen LogP contribution in [0.4, 0.5) is 0 Å². The molecule has 13 heavy (non-hydrogen) atoms.